The highest BCUT2D eigenvalue weighted by Gasteiger charge is 2.47. The molecule has 10 heteroatoms. The second kappa shape index (κ2) is 9.66. The largest absolute Gasteiger partial charge is 0.497 e. The van der Waals surface area contributed by atoms with Crippen LogP contribution in [0.2, 0.25) is 0 Å². The molecule has 2 unspecified atom stereocenters. The van der Waals surface area contributed by atoms with Crippen LogP contribution in [0.15, 0.2) is 48.5 Å². The Labute approximate surface area is 195 Å². The van der Waals surface area contributed by atoms with Crippen LogP contribution in [0.3, 0.4) is 0 Å². The van der Waals surface area contributed by atoms with Crippen molar-refractivity contribution < 1.29 is 32.6 Å². The molecule has 2 aromatic carbocycles. The first-order chi connectivity index (χ1) is 16.3. The van der Waals surface area contributed by atoms with Crippen molar-refractivity contribution in [3.63, 3.8) is 0 Å². The van der Waals surface area contributed by atoms with Crippen molar-refractivity contribution in [2.45, 2.75) is 38.7 Å². The molecule has 2 atom stereocenters. The predicted molar refractivity (Wildman–Crippen MR) is 117 cm³/mol. The number of carbonyl (C=O) groups excluding carboxylic acids is 3. The summed E-state index contributed by atoms with van der Waals surface area (Å²) in [4.78, 5) is 43.7. The number of piperazine rings is 1. The number of hydrogen-bond acceptors (Lipinski definition) is 5. The quantitative estimate of drug-likeness (QED) is 0.645. The molecule has 2 saturated heterocycles. The van der Waals surface area contributed by atoms with Gasteiger partial charge in [-0.1, -0.05) is 12.1 Å². The van der Waals surface area contributed by atoms with Crippen molar-refractivity contribution >= 4 is 17.7 Å². The molecule has 0 radical (unpaired) electrons. The number of rotatable bonds is 6. The van der Waals surface area contributed by atoms with Crippen molar-refractivity contribution in [1.82, 2.24) is 14.7 Å². The van der Waals surface area contributed by atoms with Crippen molar-refractivity contribution in [3.8, 4) is 11.5 Å². The zero-order valence-corrected chi connectivity index (χ0v) is 18.8. The van der Waals surface area contributed by atoms with Crippen LogP contribution in [0.25, 0.3) is 0 Å². The third-order valence-corrected chi connectivity index (χ3v) is 6.13. The van der Waals surface area contributed by atoms with Gasteiger partial charge in [-0.15, -0.1) is 0 Å². The summed E-state index contributed by atoms with van der Waals surface area (Å²) in [7, 11) is 1.57. The molecule has 3 amide bonds. The summed E-state index contributed by atoms with van der Waals surface area (Å²) in [6.45, 7) is -0.600. The van der Waals surface area contributed by atoms with Crippen LogP contribution < -0.4 is 9.47 Å². The fourth-order valence-electron chi connectivity index (χ4n) is 4.42. The maximum Gasteiger partial charge on any atom is 0.387 e. The number of benzene rings is 2. The zero-order chi connectivity index (χ0) is 24.4. The molecule has 0 spiro atoms. The van der Waals surface area contributed by atoms with E-state index in [1.807, 2.05) is 12.1 Å². The lowest BCUT2D eigenvalue weighted by Crippen LogP contribution is -2.70. The second-order valence-corrected chi connectivity index (χ2v) is 8.18. The summed E-state index contributed by atoms with van der Waals surface area (Å²) in [5, 5.41) is 0. The summed E-state index contributed by atoms with van der Waals surface area (Å²) in [5.74, 6) is -0.0719. The van der Waals surface area contributed by atoms with E-state index in [0.717, 1.165) is 5.56 Å². The highest BCUT2D eigenvalue weighted by molar-refractivity contribution is 5.97. The average molecular weight is 473 g/mol. The Balaban J connectivity index is 1.55. The third-order valence-electron chi connectivity index (χ3n) is 6.13. The van der Waals surface area contributed by atoms with Gasteiger partial charge in [0.15, 0.2) is 0 Å². The van der Waals surface area contributed by atoms with E-state index < -0.39 is 18.8 Å². The fraction of sp³-hybridized carbons (Fsp3) is 0.375. The lowest BCUT2D eigenvalue weighted by molar-refractivity contribution is -0.166. The first-order valence-electron chi connectivity index (χ1n) is 10.9. The third kappa shape index (κ3) is 4.66. The zero-order valence-electron chi connectivity index (χ0n) is 18.8. The number of alkyl halides is 2. The topological polar surface area (TPSA) is 79.4 Å². The Bertz CT molecular complexity index is 1060. The van der Waals surface area contributed by atoms with Crippen LogP contribution in [-0.2, 0) is 16.1 Å². The van der Waals surface area contributed by atoms with Crippen LogP contribution in [0.5, 0.6) is 11.5 Å². The molecule has 180 valence electrons. The van der Waals surface area contributed by atoms with Crippen molar-refractivity contribution in [3.05, 3.63) is 59.7 Å². The standard InChI is InChI=1S/C24H25F2N3O5/c1-15-22(31)27(13-16-3-7-18(33-2)8-4-16)14-20-28(12-11-21(30)29(15)20)23(32)17-5-9-19(10-6-17)34-24(25)26/h3-10,15,20,24H,11-14H2,1-2H3. The Morgan fingerprint density at radius 1 is 1.06 bits per heavy atom. The maximum atomic E-state index is 13.3. The molecule has 2 aliphatic rings. The molecule has 2 aromatic rings. The van der Waals surface area contributed by atoms with Crippen molar-refractivity contribution in [2.75, 3.05) is 20.2 Å². The van der Waals surface area contributed by atoms with Crippen LogP contribution in [0.4, 0.5) is 8.78 Å². The fourth-order valence-corrected chi connectivity index (χ4v) is 4.42. The van der Waals surface area contributed by atoms with Gasteiger partial charge in [0.2, 0.25) is 11.8 Å². The van der Waals surface area contributed by atoms with Gasteiger partial charge in [-0.3, -0.25) is 14.4 Å². The van der Waals surface area contributed by atoms with Gasteiger partial charge in [0.25, 0.3) is 5.91 Å². The SMILES string of the molecule is COc1ccc(CN2CC3N(C(=O)c4ccc(OC(F)F)cc4)CCC(=O)N3C(C)C2=O)cc1. The molecular weight excluding hydrogens is 448 g/mol. The van der Waals surface area contributed by atoms with E-state index in [1.54, 1.807) is 36.0 Å². The molecule has 2 aliphatic heterocycles. The molecule has 0 N–H and O–H groups in total. The molecule has 4 rings (SSSR count). The number of methoxy groups -OCH3 is 1. The molecule has 8 nitrogen and oxygen atoms in total. The molecule has 2 fully saturated rings. The number of fused-ring (bicyclic) bond motifs is 1. The number of carbonyl (C=O) groups is 3. The average Bonchev–Trinajstić information content (AvgIpc) is 2.82. The highest BCUT2D eigenvalue weighted by Crippen LogP contribution is 2.28. The van der Waals surface area contributed by atoms with E-state index >= 15 is 0 Å². The summed E-state index contributed by atoms with van der Waals surface area (Å²) >= 11 is 0. The van der Waals surface area contributed by atoms with Gasteiger partial charge >= 0.3 is 6.61 Å². The van der Waals surface area contributed by atoms with Crippen LogP contribution >= 0.6 is 0 Å². The van der Waals surface area contributed by atoms with Gasteiger partial charge < -0.3 is 24.2 Å². The lowest BCUT2D eigenvalue weighted by atomic mass is 10.0. The number of halogens is 2. The normalized spacial score (nSPS) is 20.4. The smallest absolute Gasteiger partial charge is 0.387 e. The monoisotopic (exact) mass is 473 g/mol. The predicted octanol–water partition coefficient (Wildman–Crippen LogP) is 2.73. The molecule has 2 heterocycles. The molecule has 34 heavy (non-hydrogen) atoms. The number of amides is 3. The van der Waals surface area contributed by atoms with E-state index in [2.05, 4.69) is 4.74 Å². The Morgan fingerprint density at radius 2 is 1.71 bits per heavy atom. The molecular formula is C24H25F2N3O5. The first-order valence-corrected chi connectivity index (χ1v) is 10.9. The van der Waals surface area contributed by atoms with Gasteiger partial charge in [0.1, 0.15) is 23.7 Å². The summed E-state index contributed by atoms with van der Waals surface area (Å²) < 4.78 is 34.4. The molecule has 0 saturated carbocycles. The maximum absolute atomic E-state index is 13.3. The van der Waals surface area contributed by atoms with Gasteiger partial charge in [0.05, 0.1) is 13.7 Å². The number of nitrogens with zero attached hydrogens (tertiary/aromatic N) is 3. The van der Waals surface area contributed by atoms with Crippen LogP contribution in [-0.4, -0.2) is 71.4 Å². The van der Waals surface area contributed by atoms with Crippen LogP contribution in [0, 0.1) is 0 Å². The number of ether oxygens (including phenoxy) is 2. The van der Waals surface area contributed by atoms with Gasteiger partial charge in [-0.05, 0) is 48.9 Å². The first kappa shape index (κ1) is 23.5. The minimum absolute atomic E-state index is 0.0513. The Hall–Kier alpha value is -3.69. The van der Waals surface area contributed by atoms with Crippen molar-refractivity contribution in [2.24, 2.45) is 0 Å². The van der Waals surface area contributed by atoms with E-state index in [-0.39, 0.29) is 48.5 Å². The molecule has 0 aromatic heterocycles. The molecule has 0 aliphatic carbocycles. The minimum Gasteiger partial charge on any atom is -0.497 e. The molecule has 0 bridgehead atoms. The Morgan fingerprint density at radius 3 is 2.32 bits per heavy atom. The van der Waals surface area contributed by atoms with Gasteiger partial charge in [-0.2, -0.15) is 8.78 Å². The number of hydrogen-bond donors (Lipinski definition) is 0. The van der Waals surface area contributed by atoms with E-state index in [4.69, 9.17) is 4.74 Å². The summed E-state index contributed by atoms with van der Waals surface area (Å²) in [5.41, 5.74) is 1.17. The summed E-state index contributed by atoms with van der Waals surface area (Å²) in [6, 6.07) is 12.0. The minimum atomic E-state index is -2.96. The second-order valence-electron chi connectivity index (χ2n) is 8.18. The van der Waals surface area contributed by atoms with Crippen molar-refractivity contribution in [1.29, 1.82) is 0 Å². The highest BCUT2D eigenvalue weighted by atomic mass is 19.3. The van der Waals surface area contributed by atoms with Gasteiger partial charge in [0, 0.05) is 25.1 Å². The lowest BCUT2D eigenvalue weighted by Gasteiger charge is -2.51. The van der Waals surface area contributed by atoms with E-state index in [9.17, 15) is 23.2 Å². The Kier molecular flexibility index (Phi) is 6.67. The van der Waals surface area contributed by atoms with E-state index in [1.165, 1.54) is 29.2 Å². The van der Waals surface area contributed by atoms with Gasteiger partial charge in [-0.25, -0.2) is 0 Å². The van der Waals surface area contributed by atoms with E-state index in [0.29, 0.717) is 12.3 Å². The van der Waals surface area contributed by atoms with Crippen LogP contribution in [0.1, 0.15) is 29.3 Å². The summed E-state index contributed by atoms with van der Waals surface area (Å²) in [6.07, 6.45) is -0.526.